The Balaban J connectivity index is 1.82. The van der Waals surface area contributed by atoms with Gasteiger partial charge < -0.3 is 4.90 Å². The lowest BCUT2D eigenvalue weighted by Gasteiger charge is -2.25. The number of carbonyl (C=O) groups excluding carboxylic acids is 1. The number of likely N-dealkylation sites (tertiary alicyclic amines) is 1. The molecule has 2 aromatic rings. The van der Waals surface area contributed by atoms with Crippen molar-refractivity contribution in [1.29, 1.82) is 0 Å². The van der Waals surface area contributed by atoms with Crippen molar-refractivity contribution in [2.75, 3.05) is 12.3 Å². The van der Waals surface area contributed by atoms with Gasteiger partial charge in [-0.3, -0.25) is 4.79 Å². The zero-order valence-electron chi connectivity index (χ0n) is 13.4. The Morgan fingerprint density at radius 1 is 1.20 bits per heavy atom. The number of benzene rings is 2. The molecule has 132 valence electrons. The minimum absolute atomic E-state index is 0.0292. The van der Waals surface area contributed by atoms with Gasteiger partial charge in [0.25, 0.3) is 5.91 Å². The van der Waals surface area contributed by atoms with Crippen molar-refractivity contribution in [3.05, 3.63) is 64.9 Å². The maximum Gasteiger partial charge on any atom is 0.255 e. The van der Waals surface area contributed by atoms with E-state index in [1.807, 2.05) is 0 Å². The van der Waals surface area contributed by atoms with Gasteiger partial charge in [-0.15, -0.1) is 0 Å². The van der Waals surface area contributed by atoms with Crippen LogP contribution in [0.15, 0.2) is 53.4 Å². The molecule has 25 heavy (non-hydrogen) atoms. The van der Waals surface area contributed by atoms with Gasteiger partial charge in [0.05, 0.1) is 21.2 Å². The first kappa shape index (κ1) is 17.9. The van der Waals surface area contributed by atoms with Crippen LogP contribution in [0.25, 0.3) is 0 Å². The number of amides is 1. The molecule has 2 aromatic carbocycles. The van der Waals surface area contributed by atoms with Crippen LogP contribution in [0.1, 0.15) is 23.2 Å². The van der Waals surface area contributed by atoms with Crippen LogP contribution in [-0.2, 0) is 9.84 Å². The Morgan fingerprint density at radius 2 is 1.92 bits per heavy atom. The maximum atomic E-state index is 13.2. The summed E-state index contributed by atoms with van der Waals surface area (Å²) in [5.74, 6) is -1.02. The molecule has 1 aliphatic rings. The van der Waals surface area contributed by atoms with Gasteiger partial charge in [0.2, 0.25) is 0 Å². The summed E-state index contributed by atoms with van der Waals surface area (Å²) in [6.07, 6.45) is 1.33. The zero-order chi connectivity index (χ0) is 18.0. The van der Waals surface area contributed by atoms with Crippen molar-refractivity contribution in [1.82, 2.24) is 4.90 Å². The average molecular weight is 382 g/mol. The maximum absolute atomic E-state index is 13.2. The van der Waals surface area contributed by atoms with Crippen LogP contribution in [-0.4, -0.2) is 37.6 Å². The lowest BCUT2D eigenvalue weighted by molar-refractivity contribution is 0.0749. The fourth-order valence-corrected chi connectivity index (χ4v) is 4.94. The van der Waals surface area contributed by atoms with Gasteiger partial charge in [-0.1, -0.05) is 29.8 Å². The minimum atomic E-state index is -3.50. The molecule has 0 bridgehead atoms. The fraction of sp³-hybridized carbons (Fsp3) is 0.278. The number of hydrogen-bond acceptors (Lipinski definition) is 3. The highest BCUT2D eigenvalue weighted by atomic mass is 35.5. The number of sulfone groups is 1. The van der Waals surface area contributed by atoms with E-state index in [2.05, 4.69) is 0 Å². The molecule has 0 spiro atoms. The molecule has 3 rings (SSSR count). The fourth-order valence-electron chi connectivity index (χ4n) is 3.07. The summed E-state index contributed by atoms with van der Waals surface area (Å²) in [7, 11) is -3.50. The molecule has 1 aliphatic heterocycles. The van der Waals surface area contributed by atoms with Crippen molar-refractivity contribution in [3.8, 4) is 0 Å². The van der Waals surface area contributed by atoms with E-state index < -0.39 is 21.7 Å². The van der Waals surface area contributed by atoms with Gasteiger partial charge in [-0.25, -0.2) is 12.8 Å². The highest BCUT2D eigenvalue weighted by Crippen LogP contribution is 2.26. The summed E-state index contributed by atoms with van der Waals surface area (Å²) >= 11 is 5.97. The lowest BCUT2D eigenvalue weighted by Crippen LogP contribution is -2.39. The van der Waals surface area contributed by atoms with E-state index in [4.69, 9.17) is 11.6 Å². The molecule has 0 saturated carbocycles. The number of halogens is 2. The van der Waals surface area contributed by atoms with E-state index in [-0.39, 0.29) is 27.1 Å². The first-order chi connectivity index (χ1) is 11.9. The zero-order valence-corrected chi connectivity index (χ0v) is 14.9. The molecule has 1 saturated heterocycles. The Bertz CT molecular complexity index is 886. The van der Waals surface area contributed by atoms with Gasteiger partial charge in [0.1, 0.15) is 5.82 Å². The Hall–Kier alpha value is -1.92. The third kappa shape index (κ3) is 3.85. The van der Waals surface area contributed by atoms with Crippen LogP contribution in [0, 0.1) is 5.82 Å². The molecule has 1 atom stereocenters. The minimum Gasteiger partial charge on any atom is -0.335 e. The second kappa shape index (κ2) is 7.14. The first-order valence-electron chi connectivity index (χ1n) is 7.92. The third-order valence-electron chi connectivity index (χ3n) is 4.31. The molecule has 7 heteroatoms. The molecular formula is C18H17ClFNO3S. The summed E-state index contributed by atoms with van der Waals surface area (Å²) in [6, 6.07) is 11.4. The van der Waals surface area contributed by atoms with Crippen molar-refractivity contribution < 1.29 is 17.6 Å². The van der Waals surface area contributed by atoms with E-state index >= 15 is 0 Å². The molecule has 0 aromatic heterocycles. The monoisotopic (exact) mass is 381 g/mol. The number of hydrogen-bond donors (Lipinski definition) is 0. The van der Waals surface area contributed by atoms with E-state index in [0.29, 0.717) is 13.0 Å². The Morgan fingerprint density at radius 3 is 2.60 bits per heavy atom. The smallest absolute Gasteiger partial charge is 0.255 e. The summed E-state index contributed by atoms with van der Waals surface area (Å²) in [6.45, 7) is 0.460. The largest absolute Gasteiger partial charge is 0.335 e. The van der Waals surface area contributed by atoms with Crippen LogP contribution < -0.4 is 0 Å². The highest BCUT2D eigenvalue weighted by molar-refractivity contribution is 7.91. The van der Waals surface area contributed by atoms with Crippen molar-refractivity contribution >= 4 is 27.3 Å². The second-order valence-electron chi connectivity index (χ2n) is 6.01. The van der Waals surface area contributed by atoms with Gasteiger partial charge >= 0.3 is 0 Å². The summed E-state index contributed by atoms with van der Waals surface area (Å²) < 4.78 is 38.4. The normalized spacial score (nSPS) is 17.7. The third-order valence-corrected chi connectivity index (χ3v) is 6.44. The van der Waals surface area contributed by atoms with Crippen molar-refractivity contribution in [2.45, 2.75) is 23.8 Å². The van der Waals surface area contributed by atoms with Crippen LogP contribution in [0.4, 0.5) is 4.39 Å². The van der Waals surface area contributed by atoms with Gasteiger partial charge in [0, 0.05) is 12.6 Å². The molecule has 1 heterocycles. The molecular weight excluding hydrogens is 365 g/mol. The average Bonchev–Trinajstić information content (AvgIpc) is 3.02. The molecule has 1 fully saturated rings. The number of rotatable bonds is 4. The standard InChI is InChI=1S/C18H17ClFNO3S/c19-17-11-13(20)8-9-16(17)18(22)21-10-4-5-14(21)12-25(23,24)15-6-2-1-3-7-15/h1-3,6-9,11,14H,4-5,10,12H2. The first-order valence-corrected chi connectivity index (χ1v) is 9.95. The molecule has 1 amide bonds. The second-order valence-corrected chi connectivity index (χ2v) is 8.45. The van der Waals surface area contributed by atoms with Gasteiger partial charge in [-0.2, -0.15) is 0 Å². The molecule has 4 nitrogen and oxygen atoms in total. The number of carbonyl (C=O) groups is 1. The quantitative estimate of drug-likeness (QED) is 0.813. The topological polar surface area (TPSA) is 54.5 Å². The summed E-state index contributed by atoms with van der Waals surface area (Å²) in [5, 5.41) is 0.0292. The van der Waals surface area contributed by atoms with E-state index in [0.717, 1.165) is 12.5 Å². The van der Waals surface area contributed by atoms with Crippen LogP contribution in [0.3, 0.4) is 0 Å². The molecule has 0 radical (unpaired) electrons. The van der Waals surface area contributed by atoms with E-state index in [9.17, 15) is 17.6 Å². The van der Waals surface area contributed by atoms with Crippen LogP contribution >= 0.6 is 11.6 Å². The summed E-state index contributed by atoms with van der Waals surface area (Å²) in [5.41, 5.74) is 0.187. The van der Waals surface area contributed by atoms with Crippen LogP contribution in [0.2, 0.25) is 5.02 Å². The molecule has 0 N–H and O–H groups in total. The van der Waals surface area contributed by atoms with Gasteiger partial charge in [-0.05, 0) is 43.2 Å². The number of nitrogens with zero attached hydrogens (tertiary/aromatic N) is 1. The Kier molecular flexibility index (Phi) is 5.11. The van der Waals surface area contributed by atoms with Crippen molar-refractivity contribution in [3.63, 3.8) is 0 Å². The predicted octanol–water partition coefficient (Wildman–Crippen LogP) is 3.56. The van der Waals surface area contributed by atoms with Gasteiger partial charge in [0.15, 0.2) is 9.84 Å². The lowest BCUT2D eigenvalue weighted by atomic mass is 10.1. The summed E-state index contributed by atoms with van der Waals surface area (Å²) in [4.78, 5) is 14.5. The van der Waals surface area contributed by atoms with Crippen molar-refractivity contribution in [2.24, 2.45) is 0 Å². The predicted molar refractivity (Wildman–Crippen MR) is 94.0 cm³/mol. The molecule has 0 aliphatic carbocycles. The highest BCUT2D eigenvalue weighted by Gasteiger charge is 2.34. The van der Waals surface area contributed by atoms with E-state index in [1.165, 1.54) is 17.0 Å². The van der Waals surface area contributed by atoms with E-state index in [1.54, 1.807) is 30.3 Å². The SMILES string of the molecule is O=C(c1ccc(F)cc1Cl)N1CCCC1CS(=O)(=O)c1ccccc1. The Labute approximate surface area is 151 Å². The molecule has 1 unspecified atom stereocenters. The van der Waals surface area contributed by atoms with Crippen LogP contribution in [0.5, 0.6) is 0 Å².